The number of pyridine rings is 1. The van der Waals surface area contributed by atoms with Crippen LogP contribution in [0.3, 0.4) is 0 Å². The van der Waals surface area contributed by atoms with Gasteiger partial charge in [0.05, 0.1) is 24.5 Å². The molecule has 2 aromatic rings. The highest BCUT2D eigenvalue weighted by molar-refractivity contribution is 5.89. The minimum absolute atomic E-state index is 0.162. The summed E-state index contributed by atoms with van der Waals surface area (Å²) < 4.78 is 0. The predicted octanol–water partition coefficient (Wildman–Crippen LogP) is 1.94. The fraction of sp³-hybridized carbons (Fsp3) is 0.143. The van der Waals surface area contributed by atoms with Gasteiger partial charge in [-0.2, -0.15) is 0 Å². The molecule has 5 heteroatoms. The summed E-state index contributed by atoms with van der Waals surface area (Å²) in [6, 6.07) is 12.0. The van der Waals surface area contributed by atoms with Crippen molar-refractivity contribution >= 4 is 11.7 Å². The Hall–Kier alpha value is -2.40. The fourth-order valence-corrected chi connectivity index (χ4v) is 1.68. The molecular weight excluding hydrogens is 242 g/mol. The second-order valence-electron chi connectivity index (χ2n) is 3.99. The van der Waals surface area contributed by atoms with Crippen molar-refractivity contribution in [3.8, 4) is 0 Å². The lowest BCUT2D eigenvalue weighted by Crippen LogP contribution is -2.34. The number of aliphatic hydroxyl groups excluding tert-OH is 1. The van der Waals surface area contributed by atoms with Gasteiger partial charge >= 0.3 is 6.03 Å². The number of carbonyl (C=O) groups is 1. The number of aromatic nitrogens is 1. The molecule has 5 nitrogen and oxygen atoms in total. The molecule has 0 bridgehead atoms. The Labute approximate surface area is 111 Å². The van der Waals surface area contributed by atoms with Crippen molar-refractivity contribution in [2.45, 2.75) is 6.04 Å². The van der Waals surface area contributed by atoms with Crippen molar-refractivity contribution in [1.82, 2.24) is 10.3 Å². The van der Waals surface area contributed by atoms with Gasteiger partial charge in [-0.15, -0.1) is 0 Å². The van der Waals surface area contributed by atoms with Crippen molar-refractivity contribution in [1.29, 1.82) is 0 Å². The Kier molecular flexibility index (Phi) is 4.47. The lowest BCUT2D eigenvalue weighted by atomic mass is 10.1. The van der Waals surface area contributed by atoms with E-state index in [-0.39, 0.29) is 12.6 Å². The lowest BCUT2D eigenvalue weighted by molar-refractivity contribution is 0.225. The number of hydrogen-bond acceptors (Lipinski definition) is 3. The zero-order valence-corrected chi connectivity index (χ0v) is 10.3. The SMILES string of the molecule is O=C(Nc1cccnc1)N[C@H](CO)c1ccccc1. The topological polar surface area (TPSA) is 74.2 Å². The number of amides is 2. The fourth-order valence-electron chi connectivity index (χ4n) is 1.68. The first-order chi connectivity index (χ1) is 9.29. The van der Waals surface area contributed by atoms with Gasteiger partial charge in [0.25, 0.3) is 0 Å². The van der Waals surface area contributed by atoms with E-state index < -0.39 is 6.04 Å². The van der Waals surface area contributed by atoms with Crippen molar-refractivity contribution in [3.05, 3.63) is 60.4 Å². The van der Waals surface area contributed by atoms with Crippen molar-refractivity contribution in [2.75, 3.05) is 11.9 Å². The van der Waals surface area contributed by atoms with Gasteiger partial charge in [-0.3, -0.25) is 4.98 Å². The number of benzene rings is 1. The molecule has 0 unspecified atom stereocenters. The van der Waals surface area contributed by atoms with Crippen LogP contribution >= 0.6 is 0 Å². The van der Waals surface area contributed by atoms with Gasteiger partial charge in [0.1, 0.15) is 0 Å². The second kappa shape index (κ2) is 6.51. The van der Waals surface area contributed by atoms with E-state index in [4.69, 9.17) is 0 Å². The van der Waals surface area contributed by atoms with E-state index in [1.54, 1.807) is 24.5 Å². The maximum atomic E-state index is 11.8. The largest absolute Gasteiger partial charge is 0.394 e. The first kappa shape index (κ1) is 13.0. The number of anilines is 1. The van der Waals surface area contributed by atoms with E-state index in [2.05, 4.69) is 15.6 Å². The van der Waals surface area contributed by atoms with Crippen LogP contribution in [0.1, 0.15) is 11.6 Å². The average molecular weight is 257 g/mol. The standard InChI is InChI=1S/C14H15N3O2/c18-10-13(11-5-2-1-3-6-11)17-14(19)16-12-7-4-8-15-9-12/h1-9,13,18H,10H2,(H2,16,17,19)/t13-/m1/s1. The van der Waals surface area contributed by atoms with E-state index in [0.717, 1.165) is 5.56 Å². The van der Waals surface area contributed by atoms with Gasteiger partial charge < -0.3 is 15.7 Å². The number of urea groups is 1. The quantitative estimate of drug-likeness (QED) is 0.783. The van der Waals surface area contributed by atoms with E-state index in [0.29, 0.717) is 5.69 Å². The molecule has 0 radical (unpaired) electrons. The Morgan fingerprint density at radius 2 is 2.00 bits per heavy atom. The van der Waals surface area contributed by atoms with Crippen LogP contribution in [0.2, 0.25) is 0 Å². The van der Waals surface area contributed by atoms with E-state index in [1.165, 1.54) is 0 Å². The highest BCUT2D eigenvalue weighted by atomic mass is 16.3. The minimum Gasteiger partial charge on any atom is -0.394 e. The summed E-state index contributed by atoms with van der Waals surface area (Å²) in [5, 5.41) is 14.7. The summed E-state index contributed by atoms with van der Waals surface area (Å²) in [6.07, 6.45) is 3.18. The third-order valence-corrected chi connectivity index (χ3v) is 2.61. The molecule has 19 heavy (non-hydrogen) atoms. The number of rotatable bonds is 4. The molecule has 1 aromatic heterocycles. The summed E-state index contributed by atoms with van der Waals surface area (Å²) in [6.45, 7) is -0.162. The van der Waals surface area contributed by atoms with Crippen LogP contribution in [0, 0.1) is 0 Å². The van der Waals surface area contributed by atoms with E-state index in [9.17, 15) is 9.90 Å². The van der Waals surface area contributed by atoms with Crippen LogP contribution in [0.4, 0.5) is 10.5 Å². The van der Waals surface area contributed by atoms with Crippen molar-refractivity contribution in [2.24, 2.45) is 0 Å². The summed E-state index contributed by atoms with van der Waals surface area (Å²) in [5.74, 6) is 0. The molecule has 2 amide bonds. The van der Waals surface area contributed by atoms with Crippen LogP contribution in [0.25, 0.3) is 0 Å². The van der Waals surface area contributed by atoms with E-state index in [1.807, 2.05) is 30.3 Å². The van der Waals surface area contributed by atoms with Crippen LogP contribution in [-0.2, 0) is 0 Å². The van der Waals surface area contributed by atoms with Crippen LogP contribution in [-0.4, -0.2) is 22.7 Å². The normalized spacial score (nSPS) is 11.6. The first-order valence-electron chi connectivity index (χ1n) is 5.93. The van der Waals surface area contributed by atoms with Crippen LogP contribution in [0.15, 0.2) is 54.9 Å². The first-order valence-corrected chi connectivity index (χ1v) is 5.93. The molecule has 0 fully saturated rings. The van der Waals surface area contributed by atoms with Crippen LogP contribution in [0.5, 0.6) is 0 Å². The maximum Gasteiger partial charge on any atom is 0.319 e. The molecule has 0 aliphatic carbocycles. The Balaban J connectivity index is 1.97. The Morgan fingerprint density at radius 1 is 1.21 bits per heavy atom. The number of hydrogen-bond donors (Lipinski definition) is 3. The molecule has 1 atom stereocenters. The van der Waals surface area contributed by atoms with Crippen molar-refractivity contribution < 1.29 is 9.90 Å². The third-order valence-electron chi connectivity index (χ3n) is 2.61. The second-order valence-corrected chi connectivity index (χ2v) is 3.99. The highest BCUT2D eigenvalue weighted by Gasteiger charge is 2.13. The molecule has 98 valence electrons. The van der Waals surface area contributed by atoms with Gasteiger partial charge in [-0.05, 0) is 17.7 Å². The molecule has 0 aliphatic rings. The maximum absolute atomic E-state index is 11.8. The molecular formula is C14H15N3O2. The van der Waals surface area contributed by atoms with Crippen LogP contribution < -0.4 is 10.6 Å². The molecule has 1 heterocycles. The van der Waals surface area contributed by atoms with Crippen molar-refractivity contribution in [3.63, 3.8) is 0 Å². The zero-order valence-electron chi connectivity index (χ0n) is 10.3. The van der Waals surface area contributed by atoms with E-state index >= 15 is 0 Å². The van der Waals surface area contributed by atoms with Gasteiger partial charge in [0.15, 0.2) is 0 Å². The third kappa shape index (κ3) is 3.79. The Bertz CT molecular complexity index is 517. The zero-order chi connectivity index (χ0) is 13.5. The minimum atomic E-state index is -0.433. The summed E-state index contributed by atoms with van der Waals surface area (Å²) >= 11 is 0. The number of nitrogens with one attached hydrogen (secondary N) is 2. The predicted molar refractivity (Wildman–Crippen MR) is 72.7 cm³/mol. The number of nitrogens with zero attached hydrogens (tertiary/aromatic N) is 1. The molecule has 0 saturated carbocycles. The number of carbonyl (C=O) groups excluding carboxylic acids is 1. The summed E-state index contributed by atoms with van der Waals surface area (Å²) in [4.78, 5) is 15.7. The molecule has 3 N–H and O–H groups in total. The number of aliphatic hydroxyl groups is 1. The Morgan fingerprint density at radius 3 is 2.63 bits per heavy atom. The van der Waals surface area contributed by atoms with Gasteiger partial charge in [0.2, 0.25) is 0 Å². The molecule has 0 aliphatic heterocycles. The molecule has 2 rings (SSSR count). The molecule has 0 saturated heterocycles. The average Bonchev–Trinajstić information content (AvgIpc) is 2.47. The monoisotopic (exact) mass is 257 g/mol. The molecule has 0 spiro atoms. The van der Waals surface area contributed by atoms with Gasteiger partial charge in [-0.25, -0.2) is 4.79 Å². The summed E-state index contributed by atoms with van der Waals surface area (Å²) in [7, 11) is 0. The molecule has 1 aromatic carbocycles. The van der Waals surface area contributed by atoms with Gasteiger partial charge in [-0.1, -0.05) is 30.3 Å². The summed E-state index contributed by atoms with van der Waals surface area (Å²) in [5.41, 5.74) is 1.45. The highest BCUT2D eigenvalue weighted by Crippen LogP contribution is 2.12. The van der Waals surface area contributed by atoms with Gasteiger partial charge in [0, 0.05) is 6.20 Å². The smallest absolute Gasteiger partial charge is 0.319 e. The lowest BCUT2D eigenvalue weighted by Gasteiger charge is -2.17.